The molecule has 21 heavy (non-hydrogen) atoms. The zero-order valence-corrected chi connectivity index (χ0v) is 12.9. The number of rotatable bonds is 3. The number of carbonyl (C=O) groups is 1. The average molecular weight is 299 g/mol. The molecule has 2 heterocycles. The van der Waals surface area contributed by atoms with Gasteiger partial charge >= 0.3 is 0 Å². The van der Waals surface area contributed by atoms with Gasteiger partial charge in [0.2, 0.25) is 0 Å². The molecule has 0 aliphatic heterocycles. The fourth-order valence-corrected chi connectivity index (χ4v) is 2.88. The Bertz CT molecular complexity index is 683. The van der Waals surface area contributed by atoms with E-state index in [-0.39, 0.29) is 5.91 Å². The van der Waals surface area contributed by atoms with Crippen LogP contribution in [0.4, 0.5) is 0 Å². The van der Waals surface area contributed by atoms with E-state index in [0.717, 1.165) is 16.1 Å². The van der Waals surface area contributed by atoms with Crippen LogP contribution in [0.15, 0.2) is 30.5 Å². The largest absolute Gasteiger partial charge is 0.335 e. The molecule has 2 aromatic rings. The lowest BCUT2D eigenvalue weighted by Crippen LogP contribution is -2.25. The minimum absolute atomic E-state index is 0.0189. The number of nitrogens with two attached hydrogens (primary N) is 1. The smallest absolute Gasteiger partial charge is 0.264 e. The Labute approximate surface area is 128 Å². The van der Waals surface area contributed by atoms with Gasteiger partial charge < -0.3 is 10.6 Å². The lowest BCUT2D eigenvalue weighted by atomic mass is 10.2. The first kappa shape index (κ1) is 15.2. The van der Waals surface area contributed by atoms with Crippen molar-refractivity contribution in [1.82, 2.24) is 9.88 Å². The molecule has 0 fully saturated rings. The van der Waals surface area contributed by atoms with Gasteiger partial charge in [0.1, 0.15) is 0 Å². The molecule has 1 amide bonds. The van der Waals surface area contributed by atoms with Gasteiger partial charge in [-0.1, -0.05) is 17.9 Å². The molecule has 0 unspecified atom stereocenters. The Morgan fingerprint density at radius 2 is 2.29 bits per heavy atom. The van der Waals surface area contributed by atoms with Crippen LogP contribution in [0, 0.1) is 18.8 Å². The van der Waals surface area contributed by atoms with Crippen LogP contribution in [0.1, 0.15) is 25.8 Å². The third-order valence-corrected chi connectivity index (χ3v) is 4.05. The van der Waals surface area contributed by atoms with Crippen molar-refractivity contribution >= 4 is 17.2 Å². The van der Waals surface area contributed by atoms with Crippen LogP contribution >= 0.6 is 11.3 Å². The third kappa shape index (κ3) is 3.91. The van der Waals surface area contributed by atoms with Crippen molar-refractivity contribution in [2.45, 2.75) is 13.5 Å². The summed E-state index contributed by atoms with van der Waals surface area (Å²) >= 11 is 1.41. The zero-order chi connectivity index (χ0) is 15.2. The highest BCUT2D eigenvalue weighted by Gasteiger charge is 2.16. The molecule has 108 valence electrons. The number of hydrogen-bond acceptors (Lipinski definition) is 4. The number of aromatic nitrogens is 1. The van der Waals surface area contributed by atoms with E-state index in [0.29, 0.717) is 18.0 Å². The Morgan fingerprint density at radius 3 is 2.95 bits per heavy atom. The average Bonchev–Trinajstić information content (AvgIpc) is 2.86. The molecule has 2 N–H and O–H groups in total. The van der Waals surface area contributed by atoms with Gasteiger partial charge in [-0.05, 0) is 30.7 Å². The Hall–Kier alpha value is -2.16. The van der Waals surface area contributed by atoms with Crippen LogP contribution < -0.4 is 5.73 Å². The first-order valence-electron chi connectivity index (χ1n) is 6.56. The molecule has 0 aromatic carbocycles. The molecule has 2 aromatic heterocycles. The molecule has 0 bridgehead atoms. The number of carbonyl (C=O) groups excluding carboxylic acids is 1. The van der Waals surface area contributed by atoms with Crippen molar-refractivity contribution in [3.8, 4) is 11.8 Å². The molecule has 0 atom stereocenters. The van der Waals surface area contributed by atoms with Crippen LogP contribution in [-0.4, -0.2) is 29.4 Å². The number of aryl methyl sites for hydroxylation is 1. The monoisotopic (exact) mass is 299 g/mol. The Balaban J connectivity index is 2.12. The summed E-state index contributed by atoms with van der Waals surface area (Å²) in [6, 6.07) is 7.55. The Morgan fingerprint density at radius 1 is 1.48 bits per heavy atom. The predicted molar refractivity (Wildman–Crippen MR) is 85.0 cm³/mol. The maximum atomic E-state index is 12.4. The molecule has 4 nitrogen and oxygen atoms in total. The van der Waals surface area contributed by atoms with Crippen molar-refractivity contribution in [2.24, 2.45) is 5.73 Å². The molecule has 0 saturated carbocycles. The van der Waals surface area contributed by atoms with Crippen LogP contribution in [0.3, 0.4) is 0 Å². The second-order valence-electron chi connectivity index (χ2n) is 4.61. The molecule has 0 aliphatic rings. The van der Waals surface area contributed by atoms with Gasteiger partial charge in [-0.2, -0.15) is 0 Å². The number of thiophene rings is 1. The van der Waals surface area contributed by atoms with Crippen LogP contribution in [0.25, 0.3) is 0 Å². The van der Waals surface area contributed by atoms with E-state index >= 15 is 0 Å². The molecule has 2 rings (SSSR count). The fourth-order valence-electron chi connectivity index (χ4n) is 1.84. The van der Waals surface area contributed by atoms with Gasteiger partial charge in [0.05, 0.1) is 28.5 Å². The maximum Gasteiger partial charge on any atom is 0.264 e. The van der Waals surface area contributed by atoms with Gasteiger partial charge in [-0.15, -0.1) is 11.3 Å². The summed E-state index contributed by atoms with van der Waals surface area (Å²) in [4.78, 5) is 19.9. The van der Waals surface area contributed by atoms with Crippen LogP contribution in [-0.2, 0) is 6.54 Å². The van der Waals surface area contributed by atoms with E-state index in [9.17, 15) is 4.79 Å². The third-order valence-electron chi connectivity index (χ3n) is 2.90. The highest BCUT2D eigenvalue weighted by atomic mass is 32.1. The molecule has 0 saturated heterocycles. The summed E-state index contributed by atoms with van der Waals surface area (Å²) in [5.74, 6) is 5.80. The predicted octanol–water partition coefficient (Wildman–Crippen LogP) is 2.03. The van der Waals surface area contributed by atoms with E-state index < -0.39 is 0 Å². The molecule has 5 heteroatoms. The topological polar surface area (TPSA) is 59.2 Å². The number of pyridine rings is 1. The van der Waals surface area contributed by atoms with Crippen LogP contribution in [0.2, 0.25) is 0 Å². The minimum Gasteiger partial charge on any atom is -0.335 e. The summed E-state index contributed by atoms with van der Waals surface area (Å²) in [6.45, 7) is 2.76. The standard InChI is InChI=1S/C16H17N3OS/c1-12-10-15(21-14(12)7-5-8-17)16(20)19(2)11-13-6-3-4-9-18-13/h3-4,6,9-10H,8,11,17H2,1-2H3. The first-order valence-corrected chi connectivity index (χ1v) is 7.38. The van der Waals surface area contributed by atoms with Crippen molar-refractivity contribution in [3.63, 3.8) is 0 Å². The highest BCUT2D eigenvalue weighted by Crippen LogP contribution is 2.22. The molecule has 0 spiro atoms. The van der Waals surface area contributed by atoms with Crippen molar-refractivity contribution in [1.29, 1.82) is 0 Å². The first-order chi connectivity index (χ1) is 10.1. The summed E-state index contributed by atoms with van der Waals surface area (Å²) in [6.07, 6.45) is 1.73. The van der Waals surface area contributed by atoms with Gasteiger partial charge in [0.15, 0.2) is 0 Å². The van der Waals surface area contributed by atoms with Crippen LogP contribution in [0.5, 0.6) is 0 Å². The van der Waals surface area contributed by atoms with E-state index in [2.05, 4.69) is 16.8 Å². The fraction of sp³-hybridized carbons (Fsp3) is 0.250. The van der Waals surface area contributed by atoms with Crippen molar-refractivity contribution < 1.29 is 4.79 Å². The Kier molecular flexibility index (Phi) is 5.09. The maximum absolute atomic E-state index is 12.4. The van der Waals surface area contributed by atoms with Gasteiger partial charge in [-0.25, -0.2) is 0 Å². The molecular formula is C16H17N3OS. The van der Waals surface area contributed by atoms with Gasteiger partial charge in [0.25, 0.3) is 5.91 Å². The summed E-state index contributed by atoms with van der Waals surface area (Å²) < 4.78 is 0. The normalized spacial score (nSPS) is 9.86. The van der Waals surface area contributed by atoms with E-state index in [4.69, 9.17) is 5.73 Å². The SMILES string of the molecule is Cc1cc(C(=O)N(C)Cc2ccccn2)sc1C#CCN. The second-order valence-corrected chi connectivity index (χ2v) is 5.66. The number of nitrogens with zero attached hydrogens (tertiary/aromatic N) is 2. The van der Waals surface area contributed by atoms with E-state index in [1.165, 1.54) is 11.3 Å². The molecular weight excluding hydrogens is 282 g/mol. The quantitative estimate of drug-likeness (QED) is 0.882. The number of hydrogen-bond donors (Lipinski definition) is 1. The molecule has 0 aliphatic carbocycles. The second kappa shape index (κ2) is 7.02. The lowest BCUT2D eigenvalue weighted by molar-refractivity contribution is 0.0788. The summed E-state index contributed by atoms with van der Waals surface area (Å²) in [7, 11) is 1.78. The van der Waals surface area contributed by atoms with Crippen molar-refractivity contribution in [3.05, 3.63) is 51.5 Å². The van der Waals surface area contributed by atoms with E-state index in [1.54, 1.807) is 18.1 Å². The van der Waals surface area contributed by atoms with Crippen molar-refractivity contribution in [2.75, 3.05) is 13.6 Å². The van der Waals surface area contributed by atoms with Gasteiger partial charge in [-0.3, -0.25) is 9.78 Å². The highest BCUT2D eigenvalue weighted by molar-refractivity contribution is 7.14. The van der Waals surface area contributed by atoms with E-state index in [1.807, 2.05) is 31.2 Å². The summed E-state index contributed by atoms with van der Waals surface area (Å²) in [5.41, 5.74) is 7.25. The zero-order valence-electron chi connectivity index (χ0n) is 12.1. The lowest BCUT2D eigenvalue weighted by Gasteiger charge is -2.15. The summed E-state index contributed by atoms with van der Waals surface area (Å²) in [5, 5.41) is 0. The molecule has 0 radical (unpaired) electrons. The number of amides is 1. The van der Waals surface area contributed by atoms with Gasteiger partial charge in [0, 0.05) is 13.2 Å². The minimum atomic E-state index is -0.0189.